The highest BCUT2D eigenvalue weighted by Gasteiger charge is 2.26. The number of guanidine groups is 1. The van der Waals surface area contributed by atoms with E-state index in [9.17, 15) is 4.21 Å². The van der Waals surface area contributed by atoms with Crippen LogP contribution >= 0.6 is 0 Å². The molecular weight excluding hydrogens is 384 g/mol. The summed E-state index contributed by atoms with van der Waals surface area (Å²) >= 11 is 0. The minimum absolute atomic E-state index is 0.183. The van der Waals surface area contributed by atoms with Crippen LogP contribution in [0.25, 0.3) is 0 Å². The Labute approximate surface area is 179 Å². The van der Waals surface area contributed by atoms with Crippen LogP contribution in [-0.2, 0) is 10.8 Å². The van der Waals surface area contributed by atoms with Crippen LogP contribution in [0.3, 0.4) is 0 Å². The molecule has 1 fully saturated rings. The molecule has 1 saturated carbocycles. The van der Waals surface area contributed by atoms with Gasteiger partial charge in [0.15, 0.2) is 5.96 Å². The van der Waals surface area contributed by atoms with E-state index in [2.05, 4.69) is 48.7 Å². The molecule has 1 aromatic carbocycles. The van der Waals surface area contributed by atoms with Crippen molar-refractivity contribution < 1.29 is 8.95 Å². The lowest BCUT2D eigenvalue weighted by Crippen LogP contribution is -2.47. The van der Waals surface area contributed by atoms with Crippen molar-refractivity contribution in [3.05, 3.63) is 29.8 Å². The summed E-state index contributed by atoms with van der Waals surface area (Å²) in [6.45, 7) is 5.57. The molecule has 0 spiro atoms. The lowest BCUT2D eigenvalue weighted by Gasteiger charge is -2.30. The summed E-state index contributed by atoms with van der Waals surface area (Å²) in [5.41, 5.74) is 1.21. The Bertz CT molecular complexity index is 663. The Morgan fingerprint density at radius 2 is 2.00 bits per heavy atom. The molecule has 0 amide bonds. The zero-order valence-electron chi connectivity index (χ0n) is 18.6. The van der Waals surface area contributed by atoms with Crippen molar-refractivity contribution in [2.24, 2.45) is 4.99 Å². The second kappa shape index (κ2) is 12.2. The lowest BCUT2D eigenvalue weighted by molar-refractivity contribution is 0.305. The zero-order chi connectivity index (χ0) is 21.2. The van der Waals surface area contributed by atoms with Gasteiger partial charge < -0.3 is 20.3 Å². The first-order valence-corrected chi connectivity index (χ1v) is 12.1. The third-order valence-corrected chi connectivity index (χ3v) is 7.25. The molecule has 4 atom stereocenters. The molecule has 0 radical (unpaired) electrons. The summed E-state index contributed by atoms with van der Waals surface area (Å²) in [5.74, 6) is 2.46. The van der Waals surface area contributed by atoms with Crippen molar-refractivity contribution in [3.8, 4) is 5.75 Å². The van der Waals surface area contributed by atoms with Crippen LogP contribution in [0.1, 0.15) is 51.1 Å². The number of rotatable bonds is 9. The van der Waals surface area contributed by atoms with Gasteiger partial charge in [-0.3, -0.25) is 9.20 Å². The molecule has 0 aliphatic heterocycles. The highest BCUT2D eigenvalue weighted by Crippen LogP contribution is 2.24. The van der Waals surface area contributed by atoms with Crippen LogP contribution in [-0.4, -0.2) is 66.4 Å². The number of nitrogens with zero attached hydrogens (tertiary/aromatic N) is 2. The van der Waals surface area contributed by atoms with Crippen LogP contribution in [0.5, 0.6) is 5.75 Å². The Balaban J connectivity index is 2.06. The maximum atomic E-state index is 12.2. The molecule has 2 N–H and O–H groups in total. The molecule has 0 heterocycles. The van der Waals surface area contributed by atoms with Gasteiger partial charge in [-0.25, -0.2) is 0 Å². The van der Waals surface area contributed by atoms with Crippen molar-refractivity contribution in [2.75, 3.05) is 40.0 Å². The minimum Gasteiger partial charge on any atom is -0.497 e. The average Bonchev–Trinajstić information content (AvgIpc) is 2.73. The molecule has 4 unspecified atom stereocenters. The topological polar surface area (TPSA) is 66.0 Å². The van der Waals surface area contributed by atoms with Gasteiger partial charge >= 0.3 is 0 Å². The second-order valence-electron chi connectivity index (χ2n) is 7.77. The lowest BCUT2D eigenvalue weighted by atomic mass is 9.95. The molecule has 164 valence electrons. The predicted octanol–water partition coefficient (Wildman–Crippen LogP) is 2.93. The maximum absolute atomic E-state index is 12.2. The quantitative estimate of drug-likeness (QED) is 0.473. The maximum Gasteiger partial charge on any atom is 0.191 e. The first-order valence-electron chi connectivity index (χ1n) is 10.7. The summed E-state index contributed by atoms with van der Waals surface area (Å²) in [6.07, 6.45) is 4.27. The molecule has 1 aliphatic carbocycles. The van der Waals surface area contributed by atoms with E-state index in [4.69, 9.17) is 9.73 Å². The summed E-state index contributed by atoms with van der Waals surface area (Å²) in [5, 5.41) is 7.28. The molecule has 0 aromatic heterocycles. The van der Waals surface area contributed by atoms with Crippen molar-refractivity contribution >= 4 is 16.8 Å². The summed E-state index contributed by atoms with van der Waals surface area (Å²) in [4.78, 5) is 7.07. The number of hydrogen-bond acceptors (Lipinski definition) is 4. The number of benzene rings is 1. The molecule has 1 aliphatic rings. The van der Waals surface area contributed by atoms with Crippen molar-refractivity contribution in [1.82, 2.24) is 15.5 Å². The molecule has 6 nitrogen and oxygen atoms in total. The van der Waals surface area contributed by atoms with Gasteiger partial charge in [-0.1, -0.05) is 25.5 Å². The normalized spacial score (nSPS) is 22.2. The molecular formula is C22H38N4O2S. The minimum atomic E-state index is -0.715. The second-order valence-corrected chi connectivity index (χ2v) is 9.78. The van der Waals surface area contributed by atoms with Crippen molar-refractivity contribution in [1.29, 1.82) is 0 Å². The van der Waals surface area contributed by atoms with Crippen molar-refractivity contribution in [2.45, 2.75) is 56.9 Å². The van der Waals surface area contributed by atoms with E-state index in [-0.39, 0.29) is 6.04 Å². The Morgan fingerprint density at radius 3 is 2.59 bits per heavy atom. The number of methoxy groups -OCH3 is 1. The highest BCUT2D eigenvalue weighted by molar-refractivity contribution is 7.85. The van der Waals surface area contributed by atoms with Gasteiger partial charge in [0.2, 0.25) is 0 Å². The van der Waals surface area contributed by atoms with E-state index >= 15 is 0 Å². The van der Waals surface area contributed by atoms with E-state index in [0.29, 0.717) is 17.8 Å². The summed E-state index contributed by atoms with van der Waals surface area (Å²) in [7, 11) is 5.13. The van der Waals surface area contributed by atoms with E-state index in [0.717, 1.165) is 49.7 Å². The van der Waals surface area contributed by atoms with Crippen LogP contribution < -0.4 is 15.4 Å². The van der Waals surface area contributed by atoms with Gasteiger partial charge in [0.1, 0.15) is 5.75 Å². The van der Waals surface area contributed by atoms with E-state index in [1.165, 1.54) is 5.56 Å². The van der Waals surface area contributed by atoms with Gasteiger partial charge in [0.25, 0.3) is 0 Å². The van der Waals surface area contributed by atoms with Crippen LogP contribution in [0, 0.1) is 0 Å². The van der Waals surface area contributed by atoms with Crippen molar-refractivity contribution in [3.63, 3.8) is 0 Å². The van der Waals surface area contributed by atoms with Gasteiger partial charge in [-0.05, 0) is 58.0 Å². The summed E-state index contributed by atoms with van der Waals surface area (Å²) < 4.78 is 17.5. The Kier molecular flexibility index (Phi) is 9.94. The monoisotopic (exact) mass is 422 g/mol. The van der Waals surface area contributed by atoms with E-state index < -0.39 is 10.8 Å². The molecule has 0 saturated heterocycles. The van der Waals surface area contributed by atoms with Crippen LogP contribution in [0.2, 0.25) is 0 Å². The first-order chi connectivity index (χ1) is 14.0. The third kappa shape index (κ3) is 7.30. The molecule has 7 heteroatoms. The van der Waals surface area contributed by atoms with Crippen LogP contribution in [0.4, 0.5) is 0 Å². The Morgan fingerprint density at radius 1 is 1.28 bits per heavy atom. The first kappa shape index (κ1) is 23.7. The fourth-order valence-electron chi connectivity index (χ4n) is 3.83. The smallest absolute Gasteiger partial charge is 0.191 e. The number of aliphatic imine (C=N–C) groups is 1. The predicted molar refractivity (Wildman–Crippen MR) is 123 cm³/mol. The molecule has 0 bridgehead atoms. The fraction of sp³-hybridized carbons (Fsp3) is 0.682. The van der Waals surface area contributed by atoms with E-state index in [1.54, 1.807) is 7.11 Å². The third-order valence-electron chi connectivity index (χ3n) is 5.51. The van der Waals surface area contributed by atoms with Gasteiger partial charge in [0.05, 0.1) is 19.7 Å². The Hall–Kier alpha value is -1.60. The largest absolute Gasteiger partial charge is 0.497 e. The number of hydrogen-bond donors (Lipinski definition) is 2. The zero-order valence-corrected chi connectivity index (χ0v) is 19.4. The molecule has 29 heavy (non-hydrogen) atoms. The number of ether oxygens (including phenoxy) is 1. The van der Waals surface area contributed by atoms with E-state index in [1.807, 2.05) is 19.1 Å². The van der Waals surface area contributed by atoms with Crippen LogP contribution in [0.15, 0.2) is 29.3 Å². The summed E-state index contributed by atoms with van der Waals surface area (Å²) in [6, 6.07) is 8.71. The van der Waals surface area contributed by atoms with Gasteiger partial charge in [0, 0.05) is 34.4 Å². The number of nitrogens with one attached hydrogen (secondary N) is 2. The number of likely N-dealkylation sites (N-methyl/N-ethyl adjacent to an activating group) is 1. The van der Waals surface area contributed by atoms with Gasteiger partial charge in [-0.2, -0.15) is 0 Å². The molecule has 1 aromatic rings. The fourth-order valence-corrected chi connectivity index (χ4v) is 5.18. The standard InChI is InChI=1S/C22H38N4O2S/c1-6-23-22(25-18-9-8-10-20(15-18)29(27)7-2)24-16-21(26(3)4)17-11-13-19(28-5)14-12-17/h11-14,18,20-21H,6-10,15-16H2,1-5H3,(H2,23,24,25). The SMILES string of the molecule is CCNC(=NCC(c1ccc(OC)cc1)N(C)C)NC1CCCC(S(=O)CC)C1. The highest BCUT2D eigenvalue weighted by atomic mass is 32.2. The average molecular weight is 423 g/mol. The molecule has 2 rings (SSSR count). The van der Waals surface area contributed by atoms with Gasteiger partial charge in [-0.15, -0.1) is 0 Å².